The second-order valence-electron chi connectivity index (χ2n) is 4.73. The topological polar surface area (TPSA) is 36.9 Å². The Labute approximate surface area is 125 Å². The molecule has 0 aliphatic rings. The van der Waals surface area contributed by atoms with E-state index in [0.717, 1.165) is 16.9 Å². The van der Waals surface area contributed by atoms with Crippen LogP contribution in [-0.4, -0.2) is 21.3 Å². The second kappa shape index (κ2) is 6.39. The van der Waals surface area contributed by atoms with Crippen LogP contribution in [0.15, 0.2) is 30.3 Å². The molecule has 0 unspecified atom stereocenters. The summed E-state index contributed by atoms with van der Waals surface area (Å²) in [5.41, 5.74) is 2.02. The zero-order valence-electron chi connectivity index (χ0n) is 13.0. The van der Waals surface area contributed by atoms with Gasteiger partial charge >= 0.3 is 0 Å². The van der Waals surface area contributed by atoms with Crippen LogP contribution in [0.1, 0.15) is 11.1 Å². The molecule has 0 fully saturated rings. The van der Waals surface area contributed by atoms with Crippen molar-refractivity contribution in [3.8, 4) is 28.7 Å². The number of hydrogen-bond acceptors (Lipinski definition) is 4. The number of ether oxygens (including phenoxy) is 4. The summed E-state index contributed by atoms with van der Waals surface area (Å²) in [6, 6.07) is 9.49. The monoisotopic (exact) mass is 288 g/mol. The predicted octanol–water partition coefficient (Wildman–Crippen LogP) is 4.12. The lowest BCUT2D eigenvalue weighted by molar-refractivity contribution is 0.350. The zero-order valence-corrected chi connectivity index (χ0v) is 13.0. The quantitative estimate of drug-likeness (QED) is 0.829. The lowest BCUT2D eigenvalue weighted by atomic mass is 10.2. The van der Waals surface area contributed by atoms with Crippen LogP contribution in [0.3, 0.4) is 0 Å². The maximum absolute atomic E-state index is 6.03. The summed E-state index contributed by atoms with van der Waals surface area (Å²) >= 11 is 0. The third-order valence-electron chi connectivity index (χ3n) is 3.20. The van der Waals surface area contributed by atoms with Crippen LogP contribution >= 0.6 is 0 Å². The van der Waals surface area contributed by atoms with Gasteiger partial charge in [0.05, 0.1) is 21.3 Å². The minimum absolute atomic E-state index is 0.621. The Morgan fingerprint density at radius 1 is 0.714 bits per heavy atom. The third-order valence-corrected chi connectivity index (χ3v) is 3.20. The lowest BCUT2D eigenvalue weighted by Gasteiger charge is -2.16. The van der Waals surface area contributed by atoms with Crippen LogP contribution in [0.2, 0.25) is 0 Å². The van der Waals surface area contributed by atoms with E-state index in [9.17, 15) is 0 Å². The van der Waals surface area contributed by atoms with Crippen LogP contribution in [0.5, 0.6) is 28.7 Å². The van der Waals surface area contributed by atoms with E-state index in [1.807, 2.05) is 38.1 Å². The van der Waals surface area contributed by atoms with Crippen molar-refractivity contribution in [2.45, 2.75) is 13.8 Å². The number of aryl methyl sites for hydroxylation is 2. The highest BCUT2D eigenvalue weighted by Gasteiger charge is 2.14. The molecule has 2 aromatic carbocycles. The highest BCUT2D eigenvalue weighted by molar-refractivity contribution is 5.55. The molecule has 2 rings (SSSR count). The molecular weight excluding hydrogens is 268 g/mol. The standard InChI is InChI=1S/C17H20O4/c1-11-6-7-14(19-4)15(8-11)21-17-12(2)9-13(18-3)10-16(17)20-5/h6-10H,1-5H3. The fourth-order valence-corrected chi connectivity index (χ4v) is 2.08. The summed E-state index contributed by atoms with van der Waals surface area (Å²) < 4.78 is 22.0. The van der Waals surface area contributed by atoms with Gasteiger partial charge in [-0.15, -0.1) is 0 Å². The highest BCUT2D eigenvalue weighted by atomic mass is 16.5. The average molecular weight is 288 g/mol. The molecule has 0 aliphatic heterocycles. The summed E-state index contributed by atoms with van der Waals surface area (Å²) in [6.07, 6.45) is 0. The Balaban J connectivity index is 2.46. The van der Waals surface area contributed by atoms with Gasteiger partial charge < -0.3 is 18.9 Å². The molecule has 0 radical (unpaired) electrons. The molecule has 0 aromatic heterocycles. The summed E-state index contributed by atoms with van der Waals surface area (Å²) in [4.78, 5) is 0. The molecule has 0 saturated heterocycles. The van der Waals surface area contributed by atoms with Gasteiger partial charge in [0.15, 0.2) is 23.0 Å². The molecule has 2 aromatic rings. The summed E-state index contributed by atoms with van der Waals surface area (Å²) in [5.74, 6) is 3.34. The average Bonchev–Trinajstić information content (AvgIpc) is 2.49. The summed E-state index contributed by atoms with van der Waals surface area (Å²) in [6.45, 7) is 3.95. The van der Waals surface area contributed by atoms with Crippen molar-refractivity contribution >= 4 is 0 Å². The normalized spacial score (nSPS) is 10.1. The minimum Gasteiger partial charge on any atom is -0.497 e. The highest BCUT2D eigenvalue weighted by Crippen LogP contribution is 2.41. The van der Waals surface area contributed by atoms with Crippen molar-refractivity contribution in [1.82, 2.24) is 0 Å². The summed E-state index contributed by atoms with van der Waals surface area (Å²) in [7, 11) is 4.85. The maximum atomic E-state index is 6.03. The number of hydrogen-bond donors (Lipinski definition) is 0. The molecule has 0 aliphatic carbocycles. The van der Waals surface area contributed by atoms with E-state index in [0.29, 0.717) is 23.0 Å². The number of benzene rings is 2. The maximum Gasteiger partial charge on any atom is 0.172 e. The molecule has 0 spiro atoms. The first kappa shape index (κ1) is 15.0. The van der Waals surface area contributed by atoms with Crippen molar-refractivity contribution < 1.29 is 18.9 Å². The van der Waals surface area contributed by atoms with Crippen molar-refractivity contribution in [2.75, 3.05) is 21.3 Å². The van der Waals surface area contributed by atoms with Gasteiger partial charge in [0.25, 0.3) is 0 Å². The smallest absolute Gasteiger partial charge is 0.172 e. The van der Waals surface area contributed by atoms with Gasteiger partial charge in [-0.1, -0.05) is 6.07 Å². The van der Waals surface area contributed by atoms with Gasteiger partial charge in [-0.05, 0) is 43.2 Å². The second-order valence-corrected chi connectivity index (χ2v) is 4.73. The lowest BCUT2D eigenvalue weighted by Crippen LogP contribution is -1.97. The molecule has 0 atom stereocenters. The first-order chi connectivity index (χ1) is 10.1. The fraction of sp³-hybridized carbons (Fsp3) is 0.294. The Kier molecular flexibility index (Phi) is 4.58. The van der Waals surface area contributed by atoms with E-state index in [1.165, 1.54) is 0 Å². The van der Waals surface area contributed by atoms with Gasteiger partial charge in [-0.25, -0.2) is 0 Å². The zero-order chi connectivity index (χ0) is 15.4. The predicted molar refractivity (Wildman–Crippen MR) is 82.1 cm³/mol. The van der Waals surface area contributed by atoms with E-state index in [-0.39, 0.29) is 0 Å². The Morgan fingerprint density at radius 3 is 2.05 bits per heavy atom. The third kappa shape index (κ3) is 3.21. The van der Waals surface area contributed by atoms with Gasteiger partial charge in [0.2, 0.25) is 0 Å². The van der Waals surface area contributed by atoms with Crippen molar-refractivity contribution in [1.29, 1.82) is 0 Å². The molecule has 21 heavy (non-hydrogen) atoms. The van der Waals surface area contributed by atoms with Gasteiger partial charge in [0.1, 0.15) is 5.75 Å². The molecule has 0 bridgehead atoms. The van der Waals surface area contributed by atoms with E-state index in [1.54, 1.807) is 27.4 Å². The molecule has 0 heterocycles. The van der Waals surface area contributed by atoms with Crippen LogP contribution in [0, 0.1) is 13.8 Å². The van der Waals surface area contributed by atoms with Gasteiger partial charge in [-0.3, -0.25) is 0 Å². The SMILES string of the molecule is COc1cc(C)c(Oc2cc(C)ccc2OC)c(OC)c1. The molecule has 0 N–H and O–H groups in total. The molecular formula is C17H20O4. The van der Waals surface area contributed by atoms with Crippen molar-refractivity contribution in [2.24, 2.45) is 0 Å². The number of rotatable bonds is 5. The van der Waals surface area contributed by atoms with Gasteiger partial charge in [0, 0.05) is 6.07 Å². The first-order valence-electron chi connectivity index (χ1n) is 6.64. The summed E-state index contributed by atoms with van der Waals surface area (Å²) in [5, 5.41) is 0. The fourth-order valence-electron chi connectivity index (χ4n) is 2.08. The van der Waals surface area contributed by atoms with Crippen LogP contribution in [0.25, 0.3) is 0 Å². The first-order valence-corrected chi connectivity index (χ1v) is 6.64. The van der Waals surface area contributed by atoms with E-state index in [2.05, 4.69) is 0 Å². The Bertz CT molecular complexity index is 635. The molecule has 112 valence electrons. The van der Waals surface area contributed by atoms with Crippen LogP contribution in [-0.2, 0) is 0 Å². The molecule has 0 saturated carbocycles. The van der Waals surface area contributed by atoms with E-state index >= 15 is 0 Å². The van der Waals surface area contributed by atoms with Gasteiger partial charge in [-0.2, -0.15) is 0 Å². The largest absolute Gasteiger partial charge is 0.497 e. The molecule has 4 heteroatoms. The Morgan fingerprint density at radius 2 is 1.43 bits per heavy atom. The van der Waals surface area contributed by atoms with E-state index < -0.39 is 0 Å². The van der Waals surface area contributed by atoms with E-state index in [4.69, 9.17) is 18.9 Å². The van der Waals surface area contributed by atoms with Crippen molar-refractivity contribution in [3.63, 3.8) is 0 Å². The molecule has 0 amide bonds. The van der Waals surface area contributed by atoms with Crippen LogP contribution < -0.4 is 18.9 Å². The minimum atomic E-state index is 0.621. The number of methoxy groups -OCH3 is 3. The molecule has 4 nitrogen and oxygen atoms in total. The Hall–Kier alpha value is -2.36. The van der Waals surface area contributed by atoms with Crippen LogP contribution in [0.4, 0.5) is 0 Å². The van der Waals surface area contributed by atoms with Crippen molar-refractivity contribution in [3.05, 3.63) is 41.5 Å².